The second-order valence-electron chi connectivity index (χ2n) is 31.9. The molecule has 1 aliphatic rings. The smallest absolute Gasteiger partial charge is 0.333 e. The molecule has 8 aromatic carbocycles. The van der Waals surface area contributed by atoms with Gasteiger partial charge in [-0.2, -0.15) is 0 Å². The zero-order valence-corrected chi connectivity index (χ0v) is 75.5. The van der Waals surface area contributed by atoms with E-state index in [-0.39, 0.29) is 100 Å². The molecule has 1 aliphatic carbocycles. The molecule has 124 heavy (non-hydrogen) atoms. The van der Waals surface area contributed by atoms with E-state index in [0.29, 0.717) is 107 Å². The Balaban J connectivity index is 1.32. The maximum Gasteiger partial charge on any atom is 0.333 e. The lowest BCUT2D eigenvalue weighted by Gasteiger charge is -2.25. The Morgan fingerprint density at radius 1 is 0.266 bits per heavy atom. The van der Waals surface area contributed by atoms with Crippen LogP contribution in [0.1, 0.15) is 234 Å². The van der Waals surface area contributed by atoms with Crippen LogP contribution in [-0.2, 0) is 65.8 Å². The Bertz CT molecular complexity index is 5120. The lowest BCUT2D eigenvalue weighted by atomic mass is 9.90. The number of hydrogen-bond acceptors (Lipinski definition) is 19. The highest BCUT2D eigenvalue weighted by Crippen LogP contribution is 2.44. The van der Waals surface area contributed by atoms with E-state index in [1.165, 1.54) is 48.5 Å². The van der Waals surface area contributed by atoms with Gasteiger partial charge in [0.2, 0.25) is 0 Å². The van der Waals surface area contributed by atoms with E-state index in [9.17, 15) is 52.8 Å². The summed E-state index contributed by atoms with van der Waals surface area (Å²) >= 11 is 0. The SMILES string of the molecule is CCCOc1c2cc(NC(=O)NS(=O)(=O)c3ccc(C)cc3)cc1Cc1cc(NC(=O)NS(=O)(=O)c3ccc(C)cc3)cc(c1OCCCCCCCCCCN)Cc1cc(NC(=O)NS(=O)(=O)c3ccc(C)cc3)cc(c1OCCCCCCCCCCN)Cc1cc(NC(=O)NS(=O)(=O)c3ccc(C)cc3)cc(c1OCCCCCCCCCCN)C2. The van der Waals surface area contributed by atoms with Gasteiger partial charge in [-0.3, -0.25) is 0 Å². The summed E-state index contributed by atoms with van der Waals surface area (Å²) in [6.07, 6.45) is 21.7. The number of hydrogen-bond donors (Lipinski definition) is 11. The second kappa shape index (κ2) is 48.8. The zero-order chi connectivity index (χ0) is 89.1. The molecule has 0 saturated carbocycles. The zero-order valence-electron chi connectivity index (χ0n) is 72.2. The van der Waals surface area contributed by atoms with Gasteiger partial charge in [0, 0.05) is 92.9 Å². The molecule has 672 valence electrons. The third-order valence-electron chi connectivity index (χ3n) is 21.2. The van der Waals surface area contributed by atoms with Crippen molar-refractivity contribution in [1.29, 1.82) is 0 Å². The van der Waals surface area contributed by atoms with Crippen LogP contribution in [-0.4, -0.2) is 104 Å². The first-order valence-electron chi connectivity index (χ1n) is 43.4. The minimum atomic E-state index is -4.51. The quantitative estimate of drug-likeness (QED) is 0.0158. The van der Waals surface area contributed by atoms with E-state index in [1.54, 1.807) is 125 Å². The molecule has 14 N–H and O–H groups in total. The van der Waals surface area contributed by atoms with Crippen molar-refractivity contribution in [1.82, 2.24) is 18.9 Å². The van der Waals surface area contributed by atoms with Gasteiger partial charge >= 0.3 is 24.1 Å². The van der Waals surface area contributed by atoms with Crippen molar-refractivity contribution in [3.63, 3.8) is 0 Å². The number of nitrogens with one attached hydrogen (secondary N) is 8. The molecule has 0 radical (unpaired) electrons. The van der Waals surface area contributed by atoms with E-state index < -0.39 is 64.2 Å². The van der Waals surface area contributed by atoms with Crippen LogP contribution in [0.4, 0.5) is 41.9 Å². The highest BCUT2D eigenvalue weighted by Gasteiger charge is 2.30. The van der Waals surface area contributed by atoms with Gasteiger partial charge in [-0.05, 0) is 189 Å². The highest BCUT2D eigenvalue weighted by atomic mass is 32.2. The van der Waals surface area contributed by atoms with Gasteiger partial charge in [-0.25, -0.2) is 71.7 Å². The summed E-state index contributed by atoms with van der Waals surface area (Å²) in [5, 5.41) is 11.3. The first kappa shape index (κ1) is 97.5. The van der Waals surface area contributed by atoms with Crippen LogP contribution in [0.5, 0.6) is 23.0 Å². The van der Waals surface area contributed by atoms with Crippen molar-refractivity contribution in [2.75, 3.05) is 67.3 Å². The standard InChI is InChI=1S/C93H125N11O16S4/c1-6-50-117-86-70-54-72-60-79(98-91(106)102-122(111,112)83-41-33-67(3)34-42-83)62-74(87(72)118-51-28-22-16-10-7-13-19-25-47-94)56-76-64-81(100-93(108)104-124(115,116)85-45-37-69(5)38-46-85)65-77(89(76)120-53-30-24-18-12-9-15-21-27-49-96)57-75-63-80(99-92(107)103-123(113,114)84-43-35-68(4)36-44-84)61-73(88(75)119-52-29-23-17-11-8-14-20-26-48-95)55-71(86)59-78(58-70)97-90(105)101-121(109,110)82-39-31-66(2)32-40-82/h31-46,58-65H,6-30,47-57,94-96H2,1-5H3,(H2,97,101,105)(H2,98,102,106)(H2,99,103,107)(H2,100,104,108). The molecule has 0 heterocycles. The molecule has 9 rings (SSSR count). The average Bonchev–Trinajstić information content (AvgIpc) is 0.766. The number of amides is 8. The predicted octanol–water partition coefficient (Wildman–Crippen LogP) is 17.8. The van der Waals surface area contributed by atoms with E-state index in [0.717, 1.165) is 157 Å². The topological polar surface area (TPSA) is 416 Å². The van der Waals surface area contributed by atoms with Gasteiger partial charge in [-0.1, -0.05) is 193 Å². The largest absolute Gasteiger partial charge is 0.493 e. The summed E-state index contributed by atoms with van der Waals surface area (Å²) in [5.74, 6) is 1.21. The van der Waals surface area contributed by atoms with Crippen molar-refractivity contribution in [3.8, 4) is 23.0 Å². The monoisotopic (exact) mass is 1780 g/mol. The van der Waals surface area contributed by atoms with Crippen molar-refractivity contribution >= 4 is 87.0 Å². The number of sulfonamides is 4. The Hall–Kier alpha value is -10.3. The fraction of sp³-hybridized carbons (Fsp3) is 0.441. The van der Waals surface area contributed by atoms with Gasteiger partial charge in [0.05, 0.1) is 46.0 Å². The van der Waals surface area contributed by atoms with Crippen LogP contribution < -0.4 is 76.3 Å². The second-order valence-corrected chi connectivity index (χ2v) is 38.7. The number of carbonyl (C=O) groups excluding carboxylic acids is 4. The van der Waals surface area contributed by atoms with E-state index in [4.69, 9.17) is 36.1 Å². The third-order valence-corrected chi connectivity index (χ3v) is 26.6. The maximum absolute atomic E-state index is 14.7. The molecule has 0 unspecified atom stereocenters. The summed E-state index contributed by atoms with van der Waals surface area (Å²) in [4.78, 5) is 57.8. The number of carbonyl (C=O) groups is 4. The highest BCUT2D eigenvalue weighted by molar-refractivity contribution is 7.91. The Morgan fingerprint density at radius 3 is 0.613 bits per heavy atom. The van der Waals surface area contributed by atoms with Crippen molar-refractivity contribution in [3.05, 3.63) is 212 Å². The molecule has 8 amide bonds. The molecule has 0 aromatic heterocycles. The van der Waals surface area contributed by atoms with Crippen LogP contribution in [0.25, 0.3) is 0 Å². The summed E-state index contributed by atoms with van der Waals surface area (Å²) < 4.78 is 150. The first-order chi connectivity index (χ1) is 59.5. The minimum Gasteiger partial charge on any atom is -0.493 e. The predicted molar refractivity (Wildman–Crippen MR) is 489 cm³/mol. The van der Waals surface area contributed by atoms with Crippen molar-refractivity contribution < 1.29 is 71.8 Å². The fourth-order valence-corrected chi connectivity index (χ4v) is 18.4. The lowest BCUT2D eigenvalue weighted by Crippen LogP contribution is -2.34. The number of ether oxygens (including phenoxy) is 4. The van der Waals surface area contributed by atoms with Gasteiger partial charge < -0.3 is 57.4 Å². The van der Waals surface area contributed by atoms with Crippen LogP contribution in [0, 0.1) is 27.7 Å². The number of anilines is 4. The van der Waals surface area contributed by atoms with Crippen molar-refractivity contribution in [2.45, 2.75) is 240 Å². The molecule has 0 saturated heterocycles. The Kier molecular flexibility index (Phi) is 38.4. The van der Waals surface area contributed by atoms with Crippen LogP contribution in [0.2, 0.25) is 0 Å². The van der Waals surface area contributed by atoms with Crippen LogP contribution in [0.3, 0.4) is 0 Å². The lowest BCUT2D eigenvalue weighted by molar-refractivity contribution is 0.255. The van der Waals surface area contributed by atoms with Crippen molar-refractivity contribution in [2.24, 2.45) is 17.2 Å². The van der Waals surface area contributed by atoms with Gasteiger partial charge in [-0.15, -0.1) is 0 Å². The number of nitrogens with two attached hydrogens (primary N) is 3. The van der Waals surface area contributed by atoms with E-state index >= 15 is 0 Å². The molecule has 0 fully saturated rings. The molecule has 0 atom stereocenters. The molecular weight excluding hydrogens is 1660 g/mol. The number of aryl methyl sites for hydroxylation is 4. The maximum atomic E-state index is 14.7. The average molecular weight is 1780 g/mol. The molecule has 31 heteroatoms. The normalized spacial score (nSPS) is 12.2. The van der Waals surface area contributed by atoms with Gasteiger partial charge in [0.25, 0.3) is 40.1 Å². The minimum absolute atomic E-state index is 0.0722. The summed E-state index contributed by atoms with van der Waals surface area (Å²) in [5.41, 5.74) is 24.0. The molecule has 0 aliphatic heterocycles. The molecule has 27 nitrogen and oxygen atoms in total. The third kappa shape index (κ3) is 31.1. The number of fused-ring (bicyclic) bond motifs is 8. The van der Waals surface area contributed by atoms with Crippen LogP contribution in [0.15, 0.2) is 165 Å². The molecule has 0 spiro atoms. The van der Waals surface area contributed by atoms with E-state index in [1.807, 2.05) is 6.92 Å². The molecular formula is C93H125N11O16S4. The number of rotatable bonds is 48. The molecule has 8 aromatic rings. The van der Waals surface area contributed by atoms with Gasteiger partial charge in [0.15, 0.2) is 0 Å². The number of urea groups is 4. The Labute approximate surface area is 733 Å². The summed E-state index contributed by atoms with van der Waals surface area (Å²) in [7, 11) is -18.0. The van der Waals surface area contributed by atoms with Gasteiger partial charge in [0.1, 0.15) is 23.0 Å². The van der Waals surface area contributed by atoms with Crippen LogP contribution >= 0.6 is 0 Å². The number of benzene rings is 8. The fourth-order valence-electron chi connectivity index (χ4n) is 14.8. The summed E-state index contributed by atoms with van der Waals surface area (Å²) in [6.45, 7) is 11.6. The summed E-state index contributed by atoms with van der Waals surface area (Å²) in [6, 6.07) is 32.5. The van der Waals surface area contributed by atoms with E-state index in [2.05, 4.69) is 40.2 Å². The number of unbranched alkanes of at least 4 members (excludes halogenated alkanes) is 21. The Morgan fingerprint density at radius 2 is 0.435 bits per heavy atom. The molecule has 8 bridgehead atoms. The first-order valence-corrected chi connectivity index (χ1v) is 49.4.